The first-order chi connectivity index (χ1) is 11.7. The van der Waals surface area contributed by atoms with E-state index in [9.17, 15) is 4.79 Å². The maximum Gasteiger partial charge on any atom is 0.284 e. The summed E-state index contributed by atoms with van der Waals surface area (Å²) in [5, 5.41) is 3.34. The molecule has 0 aromatic carbocycles. The number of aliphatic imine (C=N–C) groups is 1. The van der Waals surface area contributed by atoms with Crippen LogP contribution in [0.15, 0.2) is 33.7 Å². The molecule has 1 saturated heterocycles. The van der Waals surface area contributed by atoms with Crippen molar-refractivity contribution >= 4 is 11.9 Å². The lowest BCUT2D eigenvalue weighted by atomic mass is 10.2. The van der Waals surface area contributed by atoms with Crippen LogP contribution in [0.4, 0.5) is 0 Å². The number of primary amides is 1. The van der Waals surface area contributed by atoms with Gasteiger partial charge in [-0.3, -0.25) is 9.69 Å². The zero-order chi connectivity index (χ0) is 16.9. The second-order valence-corrected chi connectivity index (χ2v) is 6.11. The first kappa shape index (κ1) is 16.6. The fourth-order valence-electron chi connectivity index (χ4n) is 3.20. The maximum atomic E-state index is 11.1. The molecule has 7 nitrogen and oxygen atoms in total. The van der Waals surface area contributed by atoms with Gasteiger partial charge in [0.25, 0.3) is 5.91 Å². The third-order valence-electron chi connectivity index (χ3n) is 4.45. The summed E-state index contributed by atoms with van der Waals surface area (Å²) < 4.78 is 5.39. The van der Waals surface area contributed by atoms with E-state index in [1.807, 2.05) is 0 Å². The molecule has 3 N–H and O–H groups in total. The van der Waals surface area contributed by atoms with Crippen molar-refractivity contribution in [2.75, 3.05) is 32.7 Å². The molecule has 130 valence electrons. The fraction of sp³-hybridized carbons (Fsp3) is 0.529. The highest BCUT2D eigenvalue weighted by atomic mass is 16.3. The summed E-state index contributed by atoms with van der Waals surface area (Å²) >= 11 is 0. The first-order valence-corrected chi connectivity index (χ1v) is 8.48. The number of nitrogens with one attached hydrogen (secondary N) is 1. The molecule has 0 aliphatic carbocycles. The minimum Gasteiger partial charge on any atom is -0.454 e. The smallest absolute Gasteiger partial charge is 0.284 e. The van der Waals surface area contributed by atoms with E-state index < -0.39 is 5.91 Å². The maximum absolute atomic E-state index is 11.1. The van der Waals surface area contributed by atoms with Gasteiger partial charge >= 0.3 is 0 Å². The van der Waals surface area contributed by atoms with Crippen molar-refractivity contribution < 1.29 is 9.21 Å². The minimum absolute atomic E-state index is 0.174. The molecule has 2 aliphatic rings. The number of guanidine groups is 1. The molecule has 24 heavy (non-hydrogen) atoms. The average Bonchev–Trinajstić information content (AvgIpc) is 3.32. The molecule has 1 unspecified atom stereocenters. The highest BCUT2D eigenvalue weighted by Gasteiger charge is 2.29. The summed E-state index contributed by atoms with van der Waals surface area (Å²) in [7, 11) is 0. The number of furan rings is 1. The van der Waals surface area contributed by atoms with Crippen LogP contribution in [0.25, 0.3) is 0 Å². The number of likely N-dealkylation sites (tertiary alicyclic amines) is 1. The summed E-state index contributed by atoms with van der Waals surface area (Å²) in [6.07, 6.45) is 5.61. The number of hydrogen-bond donors (Lipinski definition) is 2. The Morgan fingerprint density at radius 1 is 1.42 bits per heavy atom. The third kappa shape index (κ3) is 3.79. The van der Waals surface area contributed by atoms with E-state index in [1.165, 1.54) is 0 Å². The fourth-order valence-corrected chi connectivity index (χ4v) is 3.20. The number of nitrogens with two attached hydrogens (primary N) is 1. The van der Waals surface area contributed by atoms with Crippen molar-refractivity contribution in [3.8, 4) is 0 Å². The van der Waals surface area contributed by atoms with Crippen molar-refractivity contribution in [2.24, 2.45) is 10.7 Å². The molecular weight excluding hydrogens is 306 g/mol. The van der Waals surface area contributed by atoms with E-state index in [2.05, 4.69) is 39.2 Å². The number of nitrogens with zero attached hydrogens (tertiary/aromatic N) is 3. The molecule has 2 aliphatic heterocycles. The lowest BCUT2D eigenvalue weighted by Crippen LogP contribution is -2.42. The van der Waals surface area contributed by atoms with E-state index >= 15 is 0 Å². The van der Waals surface area contributed by atoms with Gasteiger partial charge in [0.1, 0.15) is 12.3 Å². The quantitative estimate of drug-likeness (QED) is 0.473. The van der Waals surface area contributed by atoms with Crippen LogP contribution < -0.4 is 11.1 Å². The topological polar surface area (TPSA) is 87.1 Å². The van der Waals surface area contributed by atoms with Crippen molar-refractivity contribution in [1.29, 1.82) is 0 Å². The number of carbonyl (C=O) groups is 1. The van der Waals surface area contributed by atoms with Gasteiger partial charge in [0.15, 0.2) is 11.7 Å². The van der Waals surface area contributed by atoms with Gasteiger partial charge in [0.05, 0.1) is 0 Å². The molecule has 1 aromatic heterocycles. The Bertz CT molecular complexity index is 629. The summed E-state index contributed by atoms with van der Waals surface area (Å²) in [6, 6.07) is 3.91. The van der Waals surface area contributed by atoms with Gasteiger partial charge in [0, 0.05) is 38.8 Å². The van der Waals surface area contributed by atoms with E-state index in [1.54, 1.807) is 12.1 Å². The molecule has 1 fully saturated rings. The Hall–Kier alpha value is -2.28. The number of hydrogen-bond acceptors (Lipinski definition) is 4. The van der Waals surface area contributed by atoms with Crippen molar-refractivity contribution in [3.05, 3.63) is 35.8 Å². The van der Waals surface area contributed by atoms with E-state index in [4.69, 9.17) is 10.2 Å². The lowest BCUT2D eigenvalue weighted by Gasteiger charge is -2.25. The van der Waals surface area contributed by atoms with Crippen LogP contribution in [0, 0.1) is 0 Å². The van der Waals surface area contributed by atoms with Crippen LogP contribution in [0.5, 0.6) is 0 Å². The van der Waals surface area contributed by atoms with Gasteiger partial charge in [-0.25, -0.2) is 4.99 Å². The summed E-state index contributed by atoms with van der Waals surface area (Å²) in [5.41, 5.74) is 5.21. The Morgan fingerprint density at radius 3 is 2.88 bits per heavy atom. The second kappa shape index (κ2) is 7.53. The first-order valence-electron chi connectivity index (χ1n) is 8.48. The van der Waals surface area contributed by atoms with Crippen LogP contribution in [-0.2, 0) is 6.54 Å². The van der Waals surface area contributed by atoms with E-state index in [0.717, 1.165) is 45.1 Å². The van der Waals surface area contributed by atoms with Crippen molar-refractivity contribution in [2.45, 2.75) is 25.9 Å². The monoisotopic (exact) mass is 331 g/mol. The molecule has 0 bridgehead atoms. The van der Waals surface area contributed by atoms with Crippen LogP contribution in [0.3, 0.4) is 0 Å². The van der Waals surface area contributed by atoms with Gasteiger partial charge in [-0.2, -0.15) is 0 Å². The summed E-state index contributed by atoms with van der Waals surface area (Å²) in [5.74, 6) is 1.15. The molecular formula is C17H25N5O2. The molecule has 1 atom stereocenters. The van der Waals surface area contributed by atoms with Gasteiger partial charge in [0.2, 0.25) is 0 Å². The normalized spacial score (nSPS) is 21.6. The van der Waals surface area contributed by atoms with Gasteiger partial charge in [-0.15, -0.1) is 0 Å². The minimum atomic E-state index is -0.557. The molecule has 0 spiro atoms. The van der Waals surface area contributed by atoms with Crippen LogP contribution >= 0.6 is 0 Å². The predicted molar refractivity (Wildman–Crippen MR) is 92.7 cm³/mol. The molecule has 1 amide bonds. The largest absolute Gasteiger partial charge is 0.454 e. The third-order valence-corrected chi connectivity index (χ3v) is 4.45. The van der Waals surface area contributed by atoms with Gasteiger partial charge in [-0.05, 0) is 25.5 Å². The standard InChI is InChI=1S/C17H25N5O2/c1-2-19-17(20-11-14-5-6-15(24-14)16(18)23)22-10-7-13(12-22)21-8-3-4-9-21/h3-6,13H,2,7-12H2,1H3,(H2,18,23)(H,19,20). The summed E-state index contributed by atoms with van der Waals surface area (Å²) in [6.45, 7) is 7.35. The number of rotatable bonds is 5. The lowest BCUT2D eigenvalue weighted by molar-refractivity contribution is 0.0972. The highest BCUT2D eigenvalue weighted by molar-refractivity contribution is 5.89. The number of amides is 1. The number of carbonyl (C=O) groups excluding carboxylic acids is 1. The zero-order valence-corrected chi connectivity index (χ0v) is 14.1. The average molecular weight is 331 g/mol. The summed E-state index contributed by atoms with van der Waals surface area (Å²) in [4.78, 5) is 20.5. The van der Waals surface area contributed by atoms with E-state index in [0.29, 0.717) is 18.3 Å². The Morgan fingerprint density at radius 2 is 2.21 bits per heavy atom. The Kier molecular flexibility index (Phi) is 5.20. The van der Waals surface area contributed by atoms with Crippen LogP contribution in [0.1, 0.15) is 29.7 Å². The molecule has 7 heteroatoms. The molecule has 3 heterocycles. The van der Waals surface area contributed by atoms with Gasteiger partial charge < -0.3 is 20.4 Å². The Labute approximate surface area is 142 Å². The van der Waals surface area contributed by atoms with Crippen molar-refractivity contribution in [1.82, 2.24) is 15.1 Å². The molecule has 0 radical (unpaired) electrons. The highest BCUT2D eigenvalue weighted by Crippen LogP contribution is 2.18. The zero-order valence-electron chi connectivity index (χ0n) is 14.1. The molecule has 1 aromatic rings. The second-order valence-electron chi connectivity index (χ2n) is 6.11. The van der Waals surface area contributed by atoms with Crippen molar-refractivity contribution in [3.63, 3.8) is 0 Å². The van der Waals surface area contributed by atoms with Crippen LogP contribution in [-0.4, -0.2) is 60.4 Å². The molecule has 3 rings (SSSR count). The van der Waals surface area contributed by atoms with Gasteiger partial charge in [-0.1, -0.05) is 12.2 Å². The predicted octanol–water partition coefficient (Wildman–Crippen LogP) is 0.790. The molecule has 0 saturated carbocycles. The SMILES string of the molecule is CCNC(=NCc1ccc(C(N)=O)o1)N1CCC(N2CC=CC2)C1. The van der Waals surface area contributed by atoms with E-state index in [-0.39, 0.29) is 5.76 Å². The Balaban J connectivity index is 1.62. The van der Waals surface area contributed by atoms with Crippen LogP contribution in [0.2, 0.25) is 0 Å².